The number of carboxylic acid groups (broad SMARTS) is 1. The number of halogens is 2. The lowest BCUT2D eigenvalue weighted by atomic mass is 10.3. The first-order valence-corrected chi connectivity index (χ1v) is 5.91. The maximum atomic E-state index is 10.9. The van der Waals surface area contributed by atoms with Crippen LogP contribution in [0.5, 0.6) is 11.6 Å². The SMILES string of the molecule is O=C(O)c1nc(Oc2cncc(Br)c2)ccc1Cl. The van der Waals surface area contributed by atoms with E-state index in [2.05, 4.69) is 25.9 Å². The van der Waals surface area contributed by atoms with Gasteiger partial charge in [0.05, 0.1) is 11.2 Å². The van der Waals surface area contributed by atoms with Crippen molar-refractivity contribution in [2.75, 3.05) is 0 Å². The lowest BCUT2D eigenvalue weighted by Gasteiger charge is -2.06. The quantitative estimate of drug-likeness (QED) is 0.934. The Hall–Kier alpha value is -1.66. The molecule has 0 aromatic carbocycles. The summed E-state index contributed by atoms with van der Waals surface area (Å²) in [6.07, 6.45) is 3.09. The Balaban J connectivity index is 2.30. The molecule has 1 N–H and O–H groups in total. The Morgan fingerprint density at radius 2 is 2.17 bits per heavy atom. The van der Waals surface area contributed by atoms with Gasteiger partial charge in [0.15, 0.2) is 5.69 Å². The highest BCUT2D eigenvalue weighted by molar-refractivity contribution is 9.10. The average molecular weight is 330 g/mol. The van der Waals surface area contributed by atoms with Crippen LogP contribution in [0.15, 0.2) is 35.1 Å². The maximum absolute atomic E-state index is 10.9. The van der Waals surface area contributed by atoms with Gasteiger partial charge in [0, 0.05) is 16.7 Å². The van der Waals surface area contributed by atoms with Crippen molar-refractivity contribution in [3.8, 4) is 11.6 Å². The summed E-state index contributed by atoms with van der Waals surface area (Å²) in [4.78, 5) is 18.6. The van der Waals surface area contributed by atoms with E-state index in [1.165, 1.54) is 18.3 Å². The lowest BCUT2D eigenvalue weighted by molar-refractivity contribution is 0.0690. The van der Waals surface area contributed by atoms with E-state index in [-0.39, 0.29) is 16.6 Å². The van der Waals surface area contributed by atoms with E-state index >= 15 is 0 Å². The van der Waals surface area contributed by atoms with E-state index in [0.717, 1.165) is 4.47 Å². The molecule has 2 rings (SSSR count). The summed E-state index contributed by atoms with van der Waals surface area (Å²) in [6.45, 7) is 0. The number of carbonyl (C=O) groups is 1. The second kappa shape index (κ2) is 5.32. The Labute approximate surface area is 116 Å². The average Bonchev–Trinajstić information content (AvgIpc) is 2.31. The molecule has 0 amide bonds. The summed E-state index contributed by atoms with van der Waals surface area (Å²) in [5.74, 6) is -0.634. The fourth-order valence-corrected chi connectivity index (χ4v) is 1.73. The second-order valence-corrected chi connectivity index (χ2v) is 4.55. The molecule has 5 nitrogen and oxygen atoms in total. The Bertz CT molecular complexity index is 607. The Morgan fingerprint density at radius 3 is 2.83 bits per heavy atom. The Kier molecular flexibility index (Phi) is 3.78. The van der Waals surface area contributed by atoms with Crippen LogP contribution in [0.1, 0.15) is 10.5 Å². The summed E-state index contributed by atoms with van der Waals surface area (Å²) < 4.78 is 6.12. The fourth-order valence-electron chi connectivity index (χ4n) is 1.20. The molecule has 2 aromatic rings. The van der Waals surface area contributed by atoms with Gasteiger partial charge in [-0.25, -0.2) is 9.78 Å². The summed E-state index contributed by atoms with van der Waals surface area (Å²) in [5, 5.41) is 8.94. The highest BCUT2D eigenvalue weighted by Crippen LogP contribution is 2.24. The molecule has 0 aliphatic rings. The van der Waals surface area contributed by atoms with Crippen molar-refractivity contribution in [3.63, 3.8) is 0 Å². The van der Waals surface area contributed by atoms with Gasteiger partial charge in [-0.2, -0.15) is 0 Å². The van der Waals surface area contributed by atoms with Crippen molar-refractivity contribution in [2.24, 2.45) is 0 Å². The van der Waals surface area contributed by atoms with Crippen molar-refractivity contribution < 1.29 is 14.6 Å². The van der Waals surface area contributed by atoms with Gasteiger partial charge >= 0.3 is 5.97 Å². The number of rotatable bonds is 3. The minimum absolute atomic E-state index is 0.0576. The number of hydrogen-bond acceptors (Lipinski definition) is 4. The van der Waals surface area contributed by atoms with Crippen LogP contribution >= 0.6 is 27.5 Å². The fraction of sp³-hybridized carbons (Fsp3) is 0. The number of hydrogen-bond donors (Lipinski definition) is 1. The smallest absolute Gasteiger partial charge is 0.356 e. The largest absolute Gasteiger partial charge is 0.476 e. The maximum Gasteiger partial charge on any atom is 0.356 e. The van der Waals surface area contributed by atoms with Gasteiger partial charge in [0.2, 0.25) is 5.88 Å². The zero-order chi connectivity index (χ0) is 13.1. The molecule has 18 heavy (non-hydrogen) atoms. The van der Waals surface area contributed by atoms with Crippen LogP contribution in [-0.2, 0) is 0 Å². The molecule has 0 atom stereocenters. The summed E-state index contributed by atoms with van der Waals surface area (Å²) in [6, 6.07) is 4.58. The minimum atomic E-state index is -1.21. The van der Waals surface area contributed by atoms with Crippen molar-refractivity contribution in [3.05, 3.63) is 45.8 Å². The standard InChI is InChI=1S/C11H6BrClN2O3/c12-6-3-7(5-14-4-6)18-9-2-1-8(13)10(15-9)11(16)17/h1-5H,(H,16,17). The zero-order valence-electron chi connectivity index (χ0n) is 8.80. The molecule has 0 saturated heterocycles. The third-order valence-corrected chi connectivity index (χ3v) is 2.66. The monoisotopic (exact) mass is 328 g/mol. The van der Waals surface area contributed by atoms with Crippen LogP contribution in [0.25, 0.3) is 0 Å². The molecule has 0 aliphatic carbocycles. The highest BCUT2D eigenvalue weighted by Gasteiger charge is 2.12. The van der Waals surface area contributed by atoms with E-state index in [1.807, 2.05) is 0 Å². The summed E-state index contributed by atoms with van der Waals surface area (Å²) >= 11 is 8.95. The van der Waals surface area contributed by atoms with Crippen molar-refractivity contribution in [1.82, 2.24) is 9.97 Å². The molecule has 0 bridgehead atoms. The normalized spacial score (nSPS) is 10.1. The third-order valence-electron chi connectivity index (χ3n) is 1.93. The topological polar surface area (TPSA) is 72.3 Å². The van der Waals surface area contributed by atoms with Crippen LogP contribution in [0.3, 0.4) is 0 Å². The van der Waals surface area contributed by atoms with Gasteiger partial charge in [0.1, 0.15) is 5.75 Å². The van der Waals surface area contributed by atoms with Crippen LogP contribution in [0, 0.1) is 0 Å². The van der Waals surface area contributed by atoms with E-state index < -0.39 is 5.97 Å². The zero-order valence-corrected chi connectivity index (χ0v) is 11.1. The molecule has 92 valence electrons. The first kappa shape index (κ1) is 12.8. The second-order valence-electron chi connectivity index (χ2n) is 3.23. The van der Waals surface area contributed by atoms with Crippen LogP contribution in [-0.4, -0.2) is 21.0 Å². The molecule has 0 radical (unpaired) electrons. The third kappa shape index (κ3) is 2.96. The molecule has 7 heteroatoms. The van der Waals surface area contributed by atoms with Gasteiger partial charge in [-0.05, 0) is 28.1 Å². The van der Waals surface area contributed by atoms with Crippen LogP contribution in [0.4, 0.5) is 0 Å². The van der Waals surface area contributed by atoms with Crippen molar-refractivity contribution in [2.45, 2.75) is 0 Å². The predicted octanol–water partition coefficient (Wildman–Crippen LogP) is 3.38. The van der Waals surface area contributed by atoms with Crippen LogP contribution in [0.2, 0.25) is 5.02 Å². The molecule has 0 saturated carbocycles. The number of carboxylic acids is 1. The molecular weight excluding hydrogens is 323 g/mol. The molecule has 0 aliphatic heterocycles. The van der Waals surface area contributed by atoms with E-state index in [9.17, 15) is 4.79 Å². The number of nitrogens with zero attached hydrogens (tertiary/aromatic N) is 2. The lowest BCUT2D eigenvalue weighted by Crippen LogP contribution is -2.02. The molecule has 2 aromatic heterocycles. The van der Waals surface area contributed by atoms with Gasteiger partial charge in [-0.1, -0.05) is 11.6 Å². The van der Waals surface area contributed by atoms with E-state index in [4.69, 9.17) is 21.4 Å². The number of ether oxygens (including phenoxy) is 1. The molecular formula is C11H6BrClN2O3. The number of aromatic carboxylic acids is 1. The van der Waals surface area contributed by atoms with Crippen molar-refractivity contribution in [1.29, 1.82) is 0 Å². The van der Waals surface area contributed by atoms with E-state index in [0.29, 0.717) is 5.75 Å². The molecule has 0 fully saturated rings. The number of pyridine rings is 2. The predicted molar refractivity (Wildman–Crippen MR) is 68.2 cm³/mol. The van der Waals surface area contributed by atoms with Gasteiger partial charge in [-0.15, -0.1) is 0 Å². The first-order chi connectivity index (χ1) is 8.56. The van der Waals surface area contributed by atoms with Crippen LogP contribution < -0.4 is 4.74 Å². The summed E-state index contributed by atoms with van der Waals surface area (Å²) in [5.41, 5.74) is -0.253. The highest BCUT2D eigenvalue weighted by atomic mass is 79.9. The Morgan fingerprint density at radius 1 is 1.39 bits per heavy atom. The molecule has 2 heterocycles. The molecule has 0 spiro atoms. The molecule has 0 unspecified atom stereocenters. The van der Waals surface area contributed by atoms with Gasteiger partial charge in [0.25, 0.3) is 0 Å². The summed E-state index contributed by atoms with van der Waals surface area (Å²) in [7, 11) is 0. The first-order valence-electron chi connectivity index (χ1n) is 4.74. The van der Waals surface area contributed by atoms with Crippen molar-refractivity contribution >= 4 is 33.5 Å². The minimum Gasteiger partial charge on any atom is -0.476 e. The van der Waals surface area contributed by atoms with E-state index in [1.54, 1.807) is 12.3 Å². The number of aromatic nitrogens is 2. The van der Waals surface area contributed by atoms with Gasteiger partial charge in [-0.3, -0.25) is 4.98 Å². The van der Waals surface area contributed by atoms with Gasteiger partial charge < -0.3 is 9.84 Å².